The summed E-state index contributed by atoms with van der Waals surface area (Å²) in [6, 6.07) is 7.69. The number of aromatic nitrogens is 1. The van der Waals surface area contributed by atoms with Crippen molar-refractivity contribution < 1.29 is 9.53 Å². The number of fused-ring (bicyclic) bond motifs is 1. The first-order valence-electron chi connectivity index (χ1n) is 6.24. The number of nitrogens with zero attached hydrogens (tertiary/aromatic N) is 1. The van der Waals surface area contributed by atoms with E-state index in [-0.39, 0.29) is 5.92 Å². The van der Waals surface area contributed by atoms with Crippen LogP contribution in [0, 0.1) is 6.92 Å². The quantitative estimate of drug-likeness (QED) is 0.785. The van der Waals surface area contributed by atoms with Gasteiger partial charge in [-0.2, -0.15) is 0 Å². The van der Waals surface area contributed by atoms with Crippen molar-refractivity contribution in [2.24, 2.45) is 0 Å². The van der Waals surface area contributed by atoms with E-state index < -0.39 is 0 Å². The molecule has 0 N–H and O–H groups in total. The largest absolute Gasteiger partial charge is 0.456 e. The van der Waals surface area contributed by atoms with E-state index in [9.17, 15) is 4.79 Å². The molecule has 100 valence electrons. The Balaban J connectivity index is 2.11. The Hall–Kier alpha value is -1.94. The molecule has 0 bridgehead atoms. The zero-order chi connectivity index (χ0) is 14.1. The van der Waals surface area contributed by atoms with Crippen LogP contribution in [0.2, 0.25) is 0 Å². The summed E-state index contributed by atoms with van der Waals surface area (Å²) >= 11 is 3.51. The minimum atomic E-state index is -0.293. The summed E-state index contributed by atoms with van der Waals surface area (Å²) in [6.07, 6.45) is 6.19. The molecule has 1 aliphatic rings. The summed E-state index contributed by atoms with van der Waals surface area (Å²) in [5.41, 5.74) is 2.89. The lowest BCUT2D eigenvalue weighted by Crippen LogP contribution is -2.11. The molecule has 3 nitrogen and oxygen atoms in total. The molecular formula is C16H12BrNO2. The van der Waals surface area contributed by atoms with Crippen LogP contribution in [0.1, 0.15) is 22.6 Å². The van der Waals surface area contributed by atoms with Crippen molar-refractivity contribution >= 4 is 28.0 Å². The monoisotopic (exact) mass is 329 g/mol. The molecule has 0 saturated carbocycles. The molecule has 1 aromatic heterocycles. The average Bonchev–Trinajstić information content (AvgIpc) is 2.47. The second-order valence-corrected chi connectivity index (χ2v) is 5.55. The van der Waals surface area contributed by atoms with Crippen LogP contribution in [0.5, 0.6) is 5.75 Å². The highest BCUT2D eigenvalue weighted by Crippen LogP contribution is 2.41. The second kappa shape index (κ2) is 5.21. The fourth-order valence-corrected chi connectivity index (χ4v) is 2.96. The number of allylic oxidation sites excluding steroid dienone is 1. The summed E-state index contributed by atoms with van der Waals surface area (Å²) in [6.45, 7) is 2.00. The molecule has 0 spiro atoms. The number of carbonyl (C=O) groups excluding carboxylic acids is 1. The van der Waals surface area contributed by atoms with Gasteiger partial charge in [0.2, 0.25) is 0 Å². The van der Waals surface area contributed by atoms with Crippen molar-refractivity contribution in [3.8, 4) is 5.75 Å². The first kappa shape index (κ1) is 13.1. The summed E-state index contributed by atoms with van der Waals surface area (Å²) in [4.78, 5) is 15.4. The Morgan fingerprint density at radius 3 is 2.75 bits per heavy atom. The average molecular weight is 330 g/mol. The number of halogens is 1. The van der Waals surface area contributed by atoms with Gasteiger partial charge in [0, 0.05) is 23.5 Å². The highest BCUT2D eigenvalue weighted by Gasteiger charge is 2.24. The van der Waals surface area contributed by atoms with E-state index in [1.807, 2.05) is 37.3 Å². The Labute approximate surface area is 125 Å². The Morgan fingerprint density at radius 1 is 1.30 bits per heavy atom. The topological polar surface area (TPSA) is 39.2 Å². The molecule has 1 atom stereocenters. The predicted octanol–water partition coefficient (Wildman–Crippen LogP) is 3.87. The summed E-state index contributed by atoms with van der Waals surface area (Å²) in [7, 11) is 0. The standard InChI is InChI=1S/C16H12BrNO2/c1-10-6-13-12(9-19)8-15(11-2-4-18-5-3-11)20-16(13)14(17)7-10/h2-9,12H,1H3. The third-order valence-electron chi connectivity index (χ3n) is 3.23. The second-order valence-electron chi connectivity index (χ2n) is 4.70. The normalized spacial score (nSPS) is 16.9. The molecule has 0 amide bonds. The van der Waals surface area contributed by atoms with Crippen molar-refractivity contribution in [1.29, 1.82) is 0 Å². The number of pyridine rings is 1. The number of hydrogen-bond donors (Lipinski definition) is 0. The Morgan fingerprint density at radius 2 is 2.05 bits per heavy atom. The van der Waals surface area contributed by atoms with Gasteiger partial charge in [-0.15, -0.1) is 0 Å². The van der Waals surface area contributed by atoms with E-state index in [1.165, 1.54) is 0 Å². The number of ether oxygens (including phenoxy) is 1. The molecule has 1 unspecified atom stereocenters. The number of carbonyl (C=O) groups is 1. The molecule has 0 radical (unpaired) electrons. The van der Waals surface area contributed by atoms with Crippen molar-refractivity contribution in [1.82, 2.24) is 4.98 Å². The molecule has 0 fully saturated rings. The number of rotatable bonds is 2. The Kier molecular flexibility index (Phi) is 3.40. The summed E-state index contributed by atoms with van der Waals surface area (Å²) in [5.74, 6) is 1.10. The molecule has 4 heteroatoms. The van der Waals surface area contributed by atoms with Crippen LogP contribution < -0.4 is 4.74 Å². The van der Waals surface area contributed by atoms with Crippen LogP contribution in [0.15, 0.2) is 47.2 Å². The van der Waals surface area contributed by atoms with E-state index in [1.54, 1.807) is 12.4 Å². The van der Waals surface area contributed by atoms with Gasteiger partial charge >= 0.3 is 0 Å². The first-order valence-corrected chi connectivity index (χ1v) is 7.04. The van der Waals surface area contributed by atoms with Crippen LogP contribution >= 0.6 is 15.9 Å². The third kappa shape index (κ3) is 2.27. The van der Waals surface area contributed by atoms with Gasteiger partial charge in [0.15, 0.2) is 0 Å². The van der Waals surface area contributed by atoms with Gasteiger partial charge in [-0.3, -0.25) is 4.98 Å². The molecule has 3 rings (SSSR count). The minimum Gasteiger partial charge on any atom is -0.456 e. The maximum atomic E-state index is 11.4. The summed E-state index contributed by atoms with van der Waals surface area (Å²) < 4.78 is 6.82. The van der Waals surface area contributed by atoms with E-state index in [0.29, 0.717) is 11.5 Å². The van der Waals surface area contributed by atoms with Crippen molar-refractivity contribution in [3.05, 3.63) is 63.9 Å². The molecule has 1 aromatic carbocycles. The molecule has 20 heavy (non-hydrogen) atoms. The number of aryl methyl sites for hydroxylation is 1. The van der Waals surface area contributed by atoms with Crippen LogP contribution in [0.4, 0.5) is 0 Å². The van der Waals surface area contributed by atoms with Crippen molar-refractivity contribution in [2.45, 2.75) is 12.8 Å². The SMILES string of the molecule is Cc1cc(Br)c2c(c1)C(C=O)C=C(c1ccncc1)O2. The fourth-order valence-electron chi connectivity index (χ4n) is 2.29. The van der Waals surface area contributed by atoms with Gasteiger partial charge in [0.1, 0.15) is 17.8 Å². The summed E-state index contributed by atoms with van der Waals surface area (Å²) in [5, 5.41) is 0. The van der Waals surface area contributed by atoms with Crippen LogP contribution in [0.25, 0.3) is 5.76 Å². The third-order valence-corrected chi connectivity index (χ3v) is 3.82. The number of hydrogen-bond acceptors (Lipinski definition) is 3. The molecule has 1 aliphatic heterocycles. The number of aldehydes is 1. The molecule has 2 aromatic rings. The molecule has 0 aliphatic carbocycles. The lowest BCUT2D eigenvalue weighted by atomic mass is 9.94. The highest BCUT2D eigenvalue weighted by atomic mass is 79.9. The first-order chi connectivity index (χ1) is 9.69. The predicted molar refractivity (Wildman–Crippen MR) is 80.5 cm³/mol. The zero-order valence-electron chi connectivity index (χ0n) is 10.8. The van der Waals surface area contributed by atoms with E-state index in [2.05, 4.69) is 20.9 Å². The van der Waals surface area contributed by atoms with E-state index >= 15 is 0 Å². The molecular weight excluding hydrogens is 318 g/mol. The maximum absolute atomic E-state index is 11.4. The van der Waals surface area contributed by atoms with Gasteiger partial charge in [-0.25, -0.2) is 0 Å². The zero-order valence-corrected chi connectivity index (χ0v) is 12.4. The van der Waals surface area contributed by atoms with Crippen LogP contribution in [-0.4, -0.2) is 11.3 Å². The Bertz CT molecular complexity index is 695. The lowest BCUT2D eigenvalue weighted by molar-refractivity contribution is -0.108. The van der Waals surface area contributed by atoms with Crippen molar-refractivity contribution in [3.63, 3.8) is 0 Å². The van der Waals surface area contributed by atoms with Gasteiger partial charge in [-0.1, -0.05) is 6.07 Å². The highest BCUT2D eigenvalue weighted by molar-refractivity contribution is 9.10. The van der Waals surface area contributed by atoms with Gasteiger partial charge in [0.25, 0.3) is 0 Å². The minimum absolute atomic E-state index is 0.293. The number of benzene rings is 1. The molecule has 2 heterocycles. The lowest BCUT2D eigenvalue weighted by Gasteiger charge is -2.23. The fraction of sp³-hybridized carbons (Fsp3) is 0.125. The maximum Gasteiger partial charge on any atom is 0.145 e. The van der Waals surface area contributed by atoms with Gasteiger partial charge in [0.05, 0.1) is 10.4 Å². The van der Waals surface area contributed by atoms with E-state index in [4.69, 9.17) is 4.74 Å². The smallest absolute Gasteiger partial charge is 0.145 e. The van der Waals surface area contributed by atoms with Crippen molar-refractivity contribution in [2.75, 3.05) is 0 Å². The van der Waals surface area contributed by atoms with Crippen LogP contribution in [0.3, 0.4) is 0 Å². The molecule has 0 saturated heterocycles. The van der Waals surface area contributed by atoms with E-state index in [0.717, 1.165) is 27.4 Å². The van der Waals surface area contributed by atoms with Crippen LogP contribution in [-0.2, 0) is 4.79 Å². The van der Waals surface area contributed by atoms with Gasteiger partial charge in [-0.05, 0) is 52.7 Å². The van der Waals surface area contributed by atoms with Gasteiger partial charge < -0.3 is 9.53 Å².